The Morgan fingerprint density at radius 3 is 0.774 bits per heavy atom. The van der Waals surface area contributed by atoms with E-state index in [1.54, 1.807) is 42.5 Å². The summed E-state index contributed by atoms with van der Waals surface area (Å²) in [6, 6.07) is 75.1. The van der Waals surface area contributed by atoms with E-state index >= 15 is 0 Å². The van der Waals surface area contributed by atoms with Crippen molar-refractivity contribution in [3.63, 3.8) is 0 Å². The Hall–Kier alpha value is -12.2. The standard InChI is InChI=1S/C19H23NO3.C18H19Cl2NO3.C18H20FNO3.C18H21NO3.C17H17Cl2NO3.C17H18FNO3/c1-14-6-4-7-15(12-14)16(10-11-20(2)3)23-18-9-5-8-17-19(18)22-13-21-17;1-21(2)9-8-15(12-6-7-13(19)14(20)10-12)24-17-5-3-4-16-18(17)23-11-22-16;1-20(2)11-10-15(13-6-3-4-7-14(13)19)23-17-9-5-8-16-18(17)22-12-21-16;1-13-5-3-6-14(11-13)15(9-10-19-2)22-17-8-4-7-16-18(17)21-12-20-16;1-20-8-7-14(11-5-6-12(18)13(19)9-11)23-16-4-2-3-15-17(16)22-10-21-15;1-19-10-9-14(12-5-2-3-6-13(12)18)22-16-8-4-7-15-17(16)21-11-20-15/h4-9,12,16H,10-11,13H2,1-3H3;3-7,10,15H,8-9,11H2,1-2H3;3-9,15H,10-12H2,1-2H3;3-8,11,15,19H,9-10,12H2,1-2H3;2-6,9,14,20H,7-8,10H2,1H3;2-8,14,19H,9-11H2,1H3. The molecule has 0 bridgehead atoms. The SMILES string of the molecule is CN(C)CCC(Oc1cccc2c1OCO2)c1ccc(Cl)c(Cl)c1.CN(C)CCC(Oc1cccc2c1OCO2)c1ccccc1F.CNCCC(Oc1cccc2c1OCO2)c1ccc(Cl)c(Cl)c1.CNCCC(Oc1cccc2c1OCO2)c1cccc(C)c1.CNCCC(Oc1cccc2c1OCO2)c1ccccc1F.Cc1cccc(C(CCN(C)C)Oc2cccc3c2OCO3)c1. The minimum Gasteiger partial charge on any atom is -0.482 e. The minimum absolute atomic E-state index is 0.0204. The van der Waals surface area contributed by atoms with Crippen molar-refractivity contribution in [3.8, 4) is 103 Å². The molecule has 726 valence electrons. The lowest BCUT2D eigenvalue weighted by molar-refractivity contribution is 0.151. The normalized spacial score (nSPS) is 14.0. The summed E-state index contributed by atoms with van der Waals surface area (Å²) in [5.41, 5.74) is 7.84. The highest BCUT2D eigenvalue weighted by molar-refractivity contribution is 6.42. The highest BCUT2D eigenvalue weighted by Crippen LogP contribution is 2.50. The molecule has 30 heteroatoms. The first-order valence-electron chi connectivity index (χ1n) is 45.3. The fraction of sp³-hybridized carbons (Fsp3) is 0.327. The van der Waals surface area contributed by atoms with E-state index < -0.39 is 12.2 Å². The van der Waals surface area contributed by atoms with Crippen LogP contribution in [-0.4, -0.2) is 158 Å². The van der Waals surface area contributed by atoms with E-state index in [1.165, 1.54) is 34.4 Å². The molecule has 12 aromatic carbocycles. The Morgan fingerprint density at radius 2 is 0.511 bits per heavy atom. The Labute approximate surface area is 820 Å². The van der Waals surface area contributed by atoms with Gasteiger partial charge in [-0.25, -0.2) is 8.78 Å². The van der Waals surface area contributed by atoms with E-state index in [-0.39, 0.29) is 76.8 Å². The number of rotatable bonds is 36. The van der Waals surface area contributed by atoms with Gasteiger partial charge in [0.25, 0.3) is 0 Å². The summed E-state index contributed by atoms with van der Waals surface area (Å²) in [7, 11) is 17.9. The number of benzene rings is 12. The van der Waals surface area contributed by atoms with E-state index in [0.717, 1.165) is 92.5 Å². The van der Waals surface area contributed by atoms with Gasteiger partial charge in [0, 0.05) is 69.3 Å². The summed E-state index contributed by atoms with van der Waals surface area (Å²) in [6.45, 7) is 10.5. The van der Waals surface area contributed by atoms with Crippen LogP contribution in [0.3, 0.4) is 0 Å². The fourth-order valence-electron chi connectivity index (χ4n) is 15.2. The summed E-state index contributed by atoms with van der Waals surface area (Å²) < 4.78 is 131. The van der Waals surface area contributed by atoms with Crippen molar-refractivity contribution in [2.45, 2.75) is 89.0 Å². The van der Waals surface area contributed by atoms with Crippen molar-refractivity contribution in [2.24, 2.45) is 0 Å². The number of halogens is 6. The third-order valence-electron chi connectivity index (χ3n) is 22.2. The van der Waals surface area contributed by atoms with Gasteiger partial charge in [-0.1, -0.05) is 191 Å². The lowest BCUT2D eigenvalue weighted by atomic mass is 10.0. The van der Waals surface area contributed by atoms with E-state index in [4.69, 9.17) is 132 Å². The number of nitrogens with one attached hydrogen (secondary N) is 3. The molecule has 18 rings (SSSR count). The van der Waals surface area contributed by atoms with Crippen LogP contribution in [-0.2, 0) is 0 Å². The predicted molar refractivity (Wildman–Crippen MR) is 529 cm³/mol. The maximum absolute atomic E-state index is 14.2. The van der Waals surface area contributed by atoms with Gasteiger partial charge in [-0.15, -0.1) is 0 Å². The molecule has 137 heavy (non-hydrogen) atoms. The van der Waals surface area contributed by atoms with Crippen LogP contribution in [0.4, 0.5) is 8.78 Å². The summed E-state index contributed by atoms with van der Waals surface area (Å²) in [6.07, 6.45) is 3.49. The summed E-state index contributed by atoms with van der Waals surface area (Å²) in [4.78, 5) is 6.33. The highest BCUT2D eigenvalue weighted by Gasteiger charge is 2.31. The fourth-order valence-corrected chi connectivity index (χ4v) is 15.8. The molecule has 6 aliphatic rings. The van der Waals surface area contributed by atoms with Crippen LogP contribution in [0.1, 0.15) is 120 Å². The third kappa shape index (κ3) is 29.2. The Balaban J connectivity index is 0.000000139. The molecule has 0 aromatic heterocycles. The molecule has 6 aliphatic heterocycles. The van der Waals surface area contributed by atoms with Crippen LogP contribution in [0, 0.1) is 25.5 Å². The zero-order valence-corrected chi connectivity index (χ0v) is 81.8. The quantitative estimate of drug-likeness (QED) is 0.0333. The second kappa shape index (κ2) is 51.8. The van der Waals surface area contributed by atoms with Gasteiger partial charge >= 0.3 is 0 Å². The first-order valence-corrected chi connectivity index (χ1v) is 46.8. The molecule has 0 amide bonds. The molecule has 0 spiro atoms. The van der Waals surface area contributed by atoms with Crippen LogP contribution in [0.25, 0.3) is 0 Å². The summed E-state index contributed by atoms with van der Waals surface area (Å²) in [5.74, 6) is 11.5. The molecule has 12 aromatic rings. The molecule has 0 radical (unpaired) electrons. The molecule has 0 aliphatic carbocycles. The average Bonchev–Trinajstić information content (AvgIpc) is 1.75. The van der Waals surface area contributed by atoms with Crippen molar-refractivity contribution < 1.29 is 94.0 Å². The van der Waals surface area contributed by atoms with Gasteiger partial charge in [0.1, 0.15) is 48.3 Å². The molecule has 24 nitrogen and oxygen atoms in total. The van der Waals surface area contributed by atoms with Gasteiger partial charge in [-0.05, 0) is 228 Å². The lowest BCUT2D eigenvalue weighted by Crippen LogP contribution is -2.19. The Bertz CT molecular complexity index is 5820. The lowest BCUT2D eigenvalue weighted by Gasteiger charge is -2.22. The molecular formula is C107H118Cl4F2N6O18. The van der Waals surface area contributed by atoms with E-state index in [2.05, 4.69) is 102 Å². The molecule has 6 atom stereocenters. The average molecular weight is 1960 g/mol. The van der Waals surface area contributed by atoms with Crippen molar-refractivity contribution in [1.82, 2.24) is 30.7 Å². The number of fused-ring (bicyclic) bond motifs is 6. The number of hydrogen-bond donors (Lipinski definition) is 3. The highest BCUT2D eigenvalue weighted by atomic mass is 35.5. The van der Waals surface area contributed by atoms with Gasteiger partial charge in [0.05, 0.1) is 20.1 Å². The van der Waals surface area contributed by atoms with Crippen LogP contribution < -0.4 is 101 Å². The van der Waals surface area contributed by atoms with Crippen LogP contribution in [0.5, 0.6) is 103 Å². The molecule has 0 saturated carbocycles. The maximum atomic E-state index is 14.2. The van der Waals surface area contributed by atoms with E-state index in [9.17, 15) is 8.78 Å². The number of hydrogen-bond acceptors (Lipinski definition) is 24. The number of nitrogens with zero attached hydrogens (tertiary/aromatic N) is 3. The molecule has 3 N–H and O–H groups in total. The van der Waals surface area contributed by atoms with Gasteiger partial charge in [0.15, 0.2) is 69.0 Å². The van der Waals surface area contributed by atoms with Gasteiger partial charge in [-0.2, -0.15) is 0 Å². The third-order valence-corrected chi connectivity index (χ3v) is 23.7. The largest absolute Gasteiger partial charge is 0.482 e. The van der Waals surface area contributed by atoms with Crippen LogP contribution in [0.2, 0.25) is 20.1 Å². The van der Waals surface area contributed by atoms with Gasteiger partial charge in [-0.3, -0.25) is 0 Å². The van der Waals surface area contributed by atoms with E-state index in [0.29, 0.717) is 131 Å². The van der Waals surface area contributed by atoms with Gasteiger partial charge in [0.2, 0.25) is 75.3 Å². The Morgan fingerprint density at radius 1 is 0.270 bits per heavy atom. The van der Waals surface area contributed by atoms with Crippen molar-refractivity contribution in [2.75, 3.05) is 143 Å². The van der Waals surface area contributed by atoms with Crippen molar-refractivity contribution >= 4 is 46.4 Å². The maximum Gasteiger partial charge on any atom is 0.231 e. The minimum atomic E-state index is -0.399. The zero-order chi connectivity index (χ0) is 96.5. The second-order valence-electron chi connectivity index (χ2n) is 33.2. The molecule has 0 fully saturated rings. The molecule has 0 saturated heterocycles. The smallest absolute Gasteiger partial charge is 0.231 e. The van der Waals surface area contributed by atoms with Crippen LogP contribution >= 0.6 is 46.4 Å². The number of para-hydroxylation sites is 6. The topological polar surface area (TPSA) is 212 Å². The number of ether oxygens (including phenoxy) is 18. The van der Waals surface area contributed by atoms with Crippen LogP contribution in [0.15, 0.2) is 243 Å². The second-order valence-corrected chi connectivity index (χ2v) is 34.9. The van der Waals surface area contributed by atoms with E-state index in [1.807, 2.05) is 194 Å². The first kappa shape index (κ1) is 102. The van der Waals surface area contributed by atoms with Gasteiger partial charge < -0.3 is 116 Å². The zero-order valence-electron chi connectivity index (χ0n) is 78.7. The first-order chi connectivity index (χ1) is 66.6. The van der Waals surface area contributed by atoms with Crippen molar-refractivity contribution in [3.05, 3.63) is 319 Å². The molecule has 6 unspecified atom stereocenters. The van der Waals surface area contributed by atoms with Crippen molar-refractivity contribution in [1.29, 1.82) is 0 Å². The monoisotopic (exact) mass is 1950 g/mol. The summed E-state index contributed by atoms with van der Waals surface area (Å²) >= 11 is 24.4. The summed E-state index contributed by atoms with van der Waals surface area (Å²) in [5, 5.41) is 11.5. The number of aryl methyl sites for hydroxylation is 2. The predicted octanol–water partition coefficient (Wildman–Crippen LogP) is 23.4. The molecular weight excluding hydrogens is 1840 g/mol. The molecule has 6 heterocycles. The Kier molecular flexibility index (Phi) is 38.7.